The van der Waals surface area contributed by atoms with Crippen LogP contribution in [0.15, 0.2) is 12.1 Å². The van der Waals surface area contributed by atoms with Gasteiger partial charge < -0.3 is 14.2 Å². The monoisotopic (exact) mass is 292 g/mol. The summed E-state index contributed by atoms with van der Waals surface area (Å²) in [6.07, 6.45) is 5.30. The Morgan fingerprint density at radius 1 is 0.952 bits per heavy atom. The predicted molar refractivity (Wildman–Crippen MR) is 81.6 cm³/mol. The average Bonchev–Trinajstić information content (AvgIpc) is 2.53. The van der Waals surface area contributed by atoms with Crippen molar-refractivity contribution in [2.45, 2.75) is 39.0 Å². The van der Waals surface area contributed by atoms with Crippen molar-refractivity contribution in [3.8, 4) is 17.2 Å². The van der Waals surface area contributed by atoms with Crippen LogP contribution in [-0.2, 0) is 0 Å². The second-order valence-corrected chi connectivity index (χ2v) is 5.83. The van der Waals surface area contributed by atoms with Crippen molar-refractivity contribution in [1.82, 2.24) is 0 Å². The zero-order valence-electron chi connectivity index (χ0n) is 13.3. The molecule has 0 heterocycles. The number of ketones is 1. The van der Waals surface area contributed by atoms with E-state index in [1.807, 2.05) is 0 Å². The van der Waals surface area contributed by atoms with E-state index in [0.29, 0.717) is 22.8 Å². The van der Waals surface area contributed by atoms with Gasteiger partial charge in [0, 0.05) is 5.41 Å². The van der Waals surface area contributed by atoms with E-state index in [4.69, 9.17) is 14.2 Å². The largest absolute Gasteiger partial charge is 0.493 e. The number of hydrogen-bond acceptors (Lipinski definition) is 4. The fourth-order valence-electron chi connectivity index (χ4n) is 3.16. The summed E-state index contributed by atoms with van der Waals surface area (Å²) in [5, 5.41) is 0. The number of carbonyl (C=O) groups is 1. The van der Waals surface area contributed by atoms with Gasteiger partial charge in [0.25, 0.3) is 0 Å². The first-order valence-corrected chi connectivity index (χ1v) is 7.41. The lowest BCUT2D eigenvalue weighted by Crippen LogP contribution is -2.30. The van der Waals surface area contributed by atoms with E-state index in [2.05, 4.69) is 6.92 Å². The highest BCUT2D eigenvalue weighted by Crippen LogP contribution is 2.45. The molecule has 0 amide bonds. The fourth-order valence-corrected chi connectivity index (χ4v) is 3.16. The van der Waals surface area contributed by atoms with Crippen molar-refractivity contribution in [2.24, 2.45) is 5.41 Å². The summed E-state index contributed by atoms with van der Waals surface area (Å²) in [7, 11) is 4.68. The summed E-state index contributed by atoms with van der Waals surface area (Å²) in [5.41, 5.74) is 0.282. The number of benzene rings is 1. The van der Waals surface area contributed by atoms with Gasteiger partial charge in [0.05, 0.1) is 26.9 Å². The van der Waals surface area contributed by atoms with E-state index in [9.17, 15) is 4.79 Å². The molecule has 1 aliphatic carbocycles. The van der Waals surface area contributed by atoms with Gasteiger partial charge in [-0.15, -0.1) is 0 Å². The van der Waals surface area contributed by atoms with Gasteiger partial charge in [-0.1, -0.05) is 26.2 Å². The number of rotatable bonds is 5. The maximum absolute atomic E-state index is 13.0. The molecule has 0 aromatic heterocycles. The van der Waals surface area contributed by atoms with E-state index < -0.39 is 0 Å². The molecule has 0 bridgehead atoms. The Bertz CT molecular complexity index is 516. The number of carbonyl (C=O) groups excluding carboxylic acids is 1. The predicted octanol–water partition coefficient (Wildman–Crippen LogP) is 3.87. The first-order chi connectivity index (χ1) is 10.1. The van der Waals surface area contributed by atoms with Crippen molar-refractivity contribution >= 4 is 5.78 Å². The minimum Gasteiger partial charge on any atom is -0.493 e. The minimum atomic E-state index is -0.300. The summed E-state index contributed by atoms with van der Waals surface area (Å²) < 4.78 is 16.1. The summed E-state index contributed by atoms with van der Waals surface area (Å²) in [6, 6.07) is 3.54. The van der Waals surface area contributed by atoms with Crippen LogP contribution < -0.4 is 14.2 Å². The summed E-state index contributed by atoms with van der Waals surface area (Å²) >= 11 is 0. The van der Waals surface area contributed by atoms with Gasteiger partial charge >= 0.3 is 0 Å². The Balaban J connectivity index is 2.45. The van der Waals surface area contributed by atoms with Crippen LogP contribution in [0.5, 0.6) is 17.2 Å². The van der Waals surface area contributed by atoms with Crippen LogP contribution in [0.4, 0.5) is 0 Å². The third kappa shape index (κ3) is 2.85. The number of ether oxygens (including phenoxy) is 3. The van der Waals surface area contributed by atoms with Gasteiger partial charge in [-0.2, -0.15) is 0 Å². The Morgan fingerprint density at radius 3 is 2.10 bits per heavy atom. The Morgan fingerprint density at radius 2 is 1.57 bits per heavy atom. The smallest absolute Gasteiger partial charge is 0.204 e. The van der Waals surface area contributed by atoms with Crippen molar-refractivity contribution in [2.75, 3.05) is 21.3 Å². The van der Waals surface area contributed by atoms with Crippen molar-refractivity contribution < 1.29 is 19.0 Å². The van der Waals surface area contributed by atoms with E-state index >= 15 is 0 Å². The molecule has 0 spiro atoms. The Kier molecular flexibility index (Phi) is 4.76. The van der Waals surface area contributed by atoms with Crippen LogP contribution in [0, 0.1) is 5.41 Å². The molecule has 0 atom stereocenters. The average molecular weight is 292 g/mol. The van der Waals surface area contributed by atoms with E-state index in [1.165, 1.54) is 6.42 Å². The zero-order valence-corrected chi connectivity index (χ0v) is 13.3. The lowest BCUT2D eigenvalue weighted by molar-refractivity contribution is 0.0745. The van der Waals surface area contributed by atoms with Crippen LogP contribution in [0.25, 0.3) is 0 Å². The maximum atomic E-state index is 13.0. The first kappa shape index (κ1) is 15.7. The molecular weight excluding hydrogens is 268 g/mol. The molecule has 1 saturated carbocycles. The highest BCUT2D eigenvalue weighted by molar-refractivity contribution is 6.03. The van der Waals surface area contributed by atoms with Gasteiger partial charge in [-0.3, -0.25) is 4.79 Å². The molecule has 21 heavy (non-hydrogen) atoms. The molecule has 1 aliphatic rings. The Labute approximate surface area is 126 Å². The SMILES string of the molecule is COc1ccc(C(=O)C2(C)CCCCC2)c(OC)c1OC. The Hall–Kier alpha value is -1.71. The number of hydrogen-bond donors (Lipinski definition) is 0. The maximum Gasteiger partial charge on any atom is 0.204 e. The van der Waals surface area contributed by atoms with Crippen LogP contribution in [-0.4, -0.2) is 27.1 Å². The van der Waals surface area contributed by atoms with Crippen molar-refractivity contribution in [3.63, 3.8) is 0 Å². The fraction of sp³-hybridized carbons (Fsp3) is 0.588. The number of Topliss-reactive ketones (excluding diaryl/α,β-unsaturated/α-hetero) is 1. The lowest BCUT2D eigenvalue weighted by atomic mass is 9.71. The van der Waals surface area contributed by atoms with E-state index in [1.54, 1.807) is 33.5 Å². The number of methoxy groups -OCH3 is 3. The molecule has 0 unspecified atom stereocenters. The molecule has 0 saturated heterocycles. The highest BCUT2D eigenvalue weighted by Gasteiger charge is 2.37. The molecule has 4 heteroatoms. The second kappa shape index (κ2) is 6.37. The quantitative estimate of drug-likeness (QED) is 0.773. The van der Waals surface area contributed by atoms with Crippen LogP contribution in [0.3, 0.4) is 0 Å². The molecule has 0 N–H and O–H groups in total. The van der Waals surface area contributed by atoms with Crippen molar-refractivity contribution in [1.29, 1.82) is 0 Å². The third-order valence-electron chi connectivity index (χ3n) is 4.45. The highest BCUT2D eigenvalue weighted by atomic mass is 16.5. The van der Waals surface area contributed by atoms with Crippen LogP contribution in [0.1, 0.15) is 49.4 Å². The molecule has 0 radical (unpaired) electrons. The van der Waals surface area contributed by atoms with Gasteiger partial charge in [0.2, 0.25) is 5.75 Å². The lowest BCUT2D eigenvalue weighted by Gasteiger charge is -2.32. The topological polar surface area (TPSA) is 44.8 Å². The first-order valence-electron chi connectivity index (χ1n) is 7.41. The molecule has 2 rings (SSSR count). The minimum absolute atomic E-state index is 0.139. The van der Waals surface area contributed by atoms with Crippen LogP contribution >= 0.6 is 0 Å². The normalized spacial score (nSPS) is 17.1. The molecule has 4 nitrogen and oxygen atoms in total. The van der Waals surface area contributed by atoms with Gasteiger partial charge in [0.1, 0.15) is 0 Å². The summed E-state index contributed by atoms with van der Waals surface area (Å²) in [4.78, 5) is 13.0. The molecule has 1 aromatic rings. The molecular formula is C17H24O4. The third-order valence-corrected chi connectivity index (χ3v) is 4.45. The van der Waals surface area contributed by atoms with Gasteiger partial charge in [-0.25, -0.2) is 0 Å². The summed E-state index contributed by atoms with van der Waals surface area (Å²) in [5.74, 6) is 1.65. The summed E-state index contributed by atoms with van der Waals surface area (Å²) in [6.45, 7) is 2.06. The standard InChI is InChI=1S/C17H24O4/c1-17(10-6-5-7-11-17)16(18)12-8-9-13(19-2)15(21-4)14(12)20-3/h8-9H,5-7,10-11H2,1-4H3. The van der Waals surface area contributed by atoms with Gasteiger partial charge in [0.15, 0.2) is 17.3 Å². The van der Waals surface area contributed by atoms with Gasteiger partial charge in [-0.05, 0) is 25.0 Å². The molecule has 0 aliphatic heterocycles. The zero-order chi connectivity index (χ0) is 15.5. The van der Waals surface area contributed by atoms with Crippen molar-refractivity contribution in [3.05, 3.63) is 17.7 Å². The molecule has 1 aromatic carbocycles. The van der Waals surface area contributed by atoms with E-state index in [-0.39, 0.29) is 11.2 Å². The van der Waals surface area contributed by atoms with E-state index in [0.717, 1.165) is 25.7 Å². The second-order valence-electron chi connectivity index (χ2n) is 5.83. The molecule has 116 valence electrons. The van der Waals surface area contributed by atoms with Crippen LogP contribution in [0.2, 0.25) is 0 Å². The molecule has 1 fully saturated rings.